The van der Waals surface area contributed by atoms with E-state index in [1.165, 1.54) is 0 Å². The molecule has 4 heteroatoms. The number of primary amides is 1. The molecule has 0 bridgehead atoms. The summed E-state index contributed by atoms with van der Waals surface area (Å²) in [6, 6.07) is 7.12. The van der Waals surface area contributed by atoms with Gasteiger partial charge >= 0.3 is 0 Å². The Morgan fingerprint density at radius 2 is 2.07 bits per heavy atom. The molecule has 0 aliphatic heterocycles. The molecule has 1 heterocycles. The molecule has 1 aromatic heterocycles. The standard InChI is InChI=1S/C10H10N2OS/c11-9(10(12)13)7-5-14-8-4-2-1-3-6(7)8/h1-5,9H,11H2,(H2,12,13). The number of thiophene rings is 1. The van der Waals surface area contributed by atoms with Gasteiger partial charge in [0.2, 0.25) is 5.91 Å². The zero-order chi connectivity index (χ0) is 10.1. The lowest BCUT2D eigenvalue weighted by atomic mass is 10.1. The maximum Gasteiger partial charge on any atom is 0.238 e. The van der Waals surface area contributed by atoms with Gasteiger partial charge in [-0.15, -0.1) is 11.3 Å². The molecular formula is C10H10N2OS. The lowest BCUT2D eigenvalue weighted by molar-refractivity contribution is -0.119. The fourth-order valence-electron chi connectivity index (χ4n) is 1.39. The first-order chi connectivity index (χ1) is 6.70. The lowest BCUT2D eigenvalue weighted by Gasteiger charge is -2.05. The normalized spacial score (nSPS) is 12.9. The van der Waals surface area contributed by atoms with E-state index >= 15 is 0 Å². The molecule has 1 atom stereocenters. The first kappa shape index (κ1) is 9.18. The Kier molecular flexibility index (Phi) is 2.23. The summed E-state index contributed by atoms with van der Waals surface area (Å²) in [5.74, 6) is -0.492. The van der Waals surface area contributed by atoms with Crippen molar-refractivity contribution in [3.05, 3.63) is 35.2 Å². The molecule has 0 spiro atoms. The SMILES string of the molecule is NC(=O)C(N)c1csc2ccccc12. The van der Waals surface area contributed by atoms with Crippen molar-refractivity contribution >= 4 is 27.3 Å². The fraction of sp³-hybridized carbons (Fsp3) is 0.100. The second kappa shape index (κ2) is 3.40. The van der Waals surface area contributed by atoms with Crippen LogP contribution in [0.3, 0.4) is 0 Å². The number of carbonyl (C=O) groups is 1. The third kappa shape index (κ3) is 1.38. The first-order valence-electron chi connectivity index (χ1n) is 4.21. The number of hydrogen-bond donors (Lipinski definition) is 2. The number of carbonyl (C=O) groups excluding carboxylic acids is 1. The number of benzene rings is 1. The maximum atomic E-state index is 10.9. The summed E-state index contributed by atoms with van der Waals surface area (Å²) in [5.41, 5.74) is 11.7. The molecule has 1 aromatic carbocycles. The summed E-state index contributed by atoms with van der Waals surface area (Å²) in [7, 11) is 0. The van der Waals surface area contributed by atoms with Crippen LogP contribution in [0.4, 0.5) is 0 Å². The maximum absolute atomic E-state index is 10.9. The molecule has 3 nitrogen and oxygen atoms in total. The number of nitrogens with two attached hydrogens (primary N) is 2. The summed E-state index contributed by atoms with van der Waals surface area (Å²) in [6.07, 6.45) is 0. The summed E-state index contributed by atoms with van der Waals surface area (Å²) in [6.45, 7) is 0. The molecule has 0 saturated carbocycles. The second-order valence-electron chi connectivity index (χ2n) is 3.07. The van der Waals surface area contributed by atoms with E-state index in [0.717, 1.165) is 15.6 Å². The van der Waals surface area contributed by atoms with E-state index in [2.05, 4.69) is 0 Å². The van der Waals surface area contributed by atoms with Crippen LogP contribution in [0, 0.1) is 0 Å². The zero-order valence-electron chi connectivity index (χ0n) is 7.44. The average molecular weight is 206 g/mol. The van der Waals surface area contributed by atoms with Crippen molar-refractivity contribution < 1.29 is 4.79 Å². The van der Waals surface area contributed by atoms with Crippen LogP contribution in [0.25, 0.3) is 10.1 Å². The Labute approximate surface area is 85.3 Å². The van der Waals surface area contributed by atoms with Gasteiger partial charge in [0.15, 0.2) is 0 Å². The van der Waals surface area contributed by atoms with E-state index in [9.17, 15) is 4.79 Å². The highest BCUT2D eigenvalue weighted by Crippen LogP contribution is 2.28. The molecule has 0 aliphatic rings. The second-order valence-corrected chi connectivity index (χ2v) is 3.98. The molecule has 4 N–H and O–H groups in total. The van der Waals surface area contributed by atoms with Crippen molar-refractivity contribution in [2.75, 3.05) is 0 Å². The average Bonchev–Trinajstić information content (AvgIpc) is 2.60. The minimum atomic E-state index is -0.703. The predicted molar refractivity (Wildman–Crippen MR) is 57.9 cm³/mol. The summed E-state index contributed by atoms with van der Waals surface area (Å²) in [4.78, 5) is 10.9. The molecule has 2 aromatic rings. The fourth-order valence-corrected chi connectivity index (χ4v) is 2.39. The molecule has 0 saturated heterocycles. The van der Waals surface area contributed by atoms with Gasteiger partial charge in [-0.1, -0.05) is 18.2 Å². The van der Waals surface area contributed by atoms with Crippen LogP contribution in [0.15, 0.2) is 29.6 Å². The molecule has 1 unspecified atom stereocenters. The largest absolute Gasteiger partial charge is 0.368 e. The molecular weight excluding hydrogens is 196 g/mol. The van der Waals surface area contributed by atoms with E-state index in [4.69, 9.17) is 11.5 Å². The molecule has 0 aliphatic carbocycles. The Morgan fingerprint density at radius 1 is 1.36 bits per heavy atom. The van der Waals surface area contributed by atoms with E-state index in [1.807, 2.05) is 29.6 Å². The number of hydrogen-bond acceptors (Lipinski definition) is 3. The molecule has 14 heavy (non-hydrogen) atoms. The summed E-state index contributed by atoms with van der Waals surface area (Å²) < 4.78 is 1.12. The number of fused-ring (bicyclic) bond motifs is 1. The lowest BCUT2D eigenvalue weighted by Crippen LogP contribution is -2.27. The number of amides is 1. The van der Waals surface area contributed by atoms with E-state index in [1.54, 1.807) is 11.3 Å². The van der Waals surface area contributed by atoms with Gasteiger partial charge in [-0.2, -0.15) is 0 Å². The zero-order valence-corrected chi connectivity index (χ0v) is 8.25. The predicted octanol–water partition coefficient (Wildman–Crippen LogP) is 1.39. The van der Waals surface area contributed by atoms with Crippen molar-refractivity contribution in [1.82, 2.24) is 0 Å². The monoisotopic (exact) mass is 206 g/mol. The molecule has 2 rings (SSSR count). The van der Waals surface area contributed by atoms with E-state index in [-0.39, 0.29) is 0 Å². The van der Waals surface area contributed by atoms with Crippen LogP contribution in [0.1, 0.15) is 11.6 Å². The van der Waals surface area contributed by atoms with Crippen LogP contribution in [0.2, 0.25) is 0 Å². The minimum absolute atomic E-state index is 0.492. The highest BCUT2D eigenvalue weighted by molar-refractivity contribution is 7.17. The minimum Gasteiger partial charge on any atom is -0.368 e. The van der Waals surface area contributed by atoms with Crippen molar-refractivity contribution in [1.29, 1.82) is 0 Å². The van der Waals surface area contributed by atoms with Crippen LogP contribution in [-0.4, -0.2) is 5.91 Å². The molecule has 0 fully saturated rings. The van der Waals surface area contributed by atoms with Crippen molar-refractivity contribution in [2.24, 2.45) is 11.5 Å². The van der Waals surface area contributed by atoms with Crippen molar-refractivity contribution in [3.63, 3.8) is 0 Å². The molecule has 0 radical (unpaired) electrons. The Hall–Kier alpha value is -1.39. The quantitative estimate of drug-likeness (QED) is 0.779. The smallest absolute Gasteiger partial charge is 0.238 e. The summed E-state index contributed by atoms with van der Waals surface area (Å²) >= 11 is 1.57. The Bertz CT molecular complexity index is 478. The van der Waals surface area contributed by atoms with Gasteiger partial charge in [-0.05, 0) is 22.4 Å². The van der Waals surface area contributed by atoms with Gasteiger partial charge in [0.1, 0.15) is 6.04 Å². The van der Waals surface area contributed by atoms with Crippen molar-refractivity contribution in [2.45, 2.75) is 6.04 Å². The topological polar surface area (TPSA) is 69.1 Å². The third-order valence-electron chi connectivity index (χ3n) is 2.15. The highest BCUT2D eigenvalue weighted by Gasteiger charge is 2.15. The third-order valence-corrected chi connectivity index (χ3v) is 3.13. The highest BCUT2D eigenvalue weighted by atomic mass is 32.1. The van der Waals surface area contributed by atoms with Crippen LogP contribution >= 0.6 is 11.3 Å². The van der Waals surface area contributed by atoms with E-state index < -0.39 is 11.9 Å². The Morgan fingerprint density at radius 3 is 2.79 bits per heavy atom. The summed E-state index contributed by atoms with van der Waals surface area (Å²) in [5, 5.41) is 2.91. The van der Waals surface area contributed by atoms with Gasteiger partial charge in [0, 0.05) is 4.70 Å². The van der Waals surface area contributed by atoms with Gasteiger partial charge in [0.25, 0.3) is 0 Å². The van der Waals surface area contributed by atoms with Gasteiger partial charge < -0.3 is 11.5 Å². The molecule has 72 valence electrons. The first-order valence-corrected chi connectivity index (χ1v) is 5.09. The number of rotatable bonds is 2. The Balaban J connectivity index is 2.58. The van der Waals surface area contributed by atoms with Crippen molar-refractivity contribution in [3.8, 4) is 0 Å². The van der Waals surface area contributed by atoms with Gasteiger partial charge in [0.05, 0.1) is 0 Å². The van der Waals surface area contributed by atoms with Gasteiger partial charge in [-0.25, -0.2) is 0 Å². The van der Waals surface area contributed by atoms with Crippen LogP contribution in [0.5, 0.6) is 0 Å². The van der Waals surface area contributed by atoms with Gasteiger partial charge in [-0.3, -0.25) is 4.79 Å². The van der Waals surface area contributed by atoms with Crippen LogP contribution in [-0.2, 0) is 4.79 Å². The van der Waals surface area contributed by atoms with E-state index in [0.29, 0.717) is 0 Å². The van der Waals surface area contributed by atoms with Crippen LogP contribution < -0.4 is 11.5 Å². The molecule has 1 amide bonds.